The average molecular weight is 327 g/mol. The highest BCUT2D eigenvalue weighted by atomic mass is 16.3. The molecular formula is C20H25NO3. The van der Waals surface area contributed by atoms with Crippen LogP contribution in [-0.4, -0.2) is 33.8 Å². The Bertz CT molecular complexity index is 700. The number of allylic oxidation sites excluding steroid dienone is 3. The van der Waals surface area contributed by atoms with E-state index in [0.717, 1.165) is 55.4 Å². The Hall–Kier alpha value is -1.68. The van der Waals surface area contributed by atoms with Crippen LogP contribution >= 0.6 is 0 Å². The molecule has 1 N–H and O–H groups in total. The minimum Gasteiger partial charge on any atom is -0.390 e. The standard InChI is InChI=1S/C20H25NO3/c1-12-16-7-8-17(22)13(2)18(16)21(19(12)23)11-14-3-5-15(6-4-14)20(24)9-10-20/h7-8,14-15,24H,3-6,9-11H2,1-2H3. The normalized spacial score (nSPS) is 31.9. The number of aliphatic hydroxyl groups is 1. The highest BCUT2D eigenvalue weighted by Crippen LogP contribution is 2.49. The van der Waals surface area contributed by atoms with Gasteiger partial charge in [0.15, 0.2) is 5.78 Å². The lowest BCUT2D eigenvalue weighted by Gasteiger charge is -2.34. The van der Waals surface area contributed by atoms with Crippen LogP contribution < -0.4 is 0 Å². The Kier molecular flexibility index (Phi) is 3.57. The zero-order valence-corrected chi connectivity index (χ0v) is 14.5. The molecule has 0 aromatic carbocycles. The molecule has 2 fully saturated rings. The first-order valence-electron chi connectivity index (χ1n) is 9.09. The van der Waals surface area contributed by atoms with Crippen molar-refractivity contribution in [2.75, 3.05) is 6.54 Å². The quantitative estimate of drug-likeness (QED) is 0.867. The summed E-state index contributed by atoms with van der Waals surface area (Å²) in [5, 5.41) is 10.3. The van der Waals surface area contributed by atoms with Crippen molar-refractivity contribution < 1.29 is 14.7 Å². The topological polar surface area (TPSA) is 57.6 Å². The summed E-state index contributed by atoms with van der Waals surface area (Å²) in [7, 11) is 0. The molecule has 3 aliphatic carbocycles. The zero-order chi connectivity index (χ0) is 17.1. The van der Waals surface area contributed by atoms with Crippen LogP contribution in [0.4, 0.5) is 0 Å². The van der Waals surface area contributed by atoms with E-state index in [1.54, 1.807) is 12.2 Å². The summed E-state index contributed by atoms with van der Waals surface area (Å²) in [6.45, 7) is 4.36. The van der Waals surface area contributed by atoms with Gasteiger partial charge in [0.25, 0.3) is 5.91 Å². The average Bonchev–Trinajstić information content (AvgIpc) is 3.28. The third-order valence-electron chi connectivity index (χ3n) is 6.43. The van der Waals surface area contributed by atoms with Gasteiger partial charge in [0.2, 0.25) is 0 Å². The van der Waals surface area contributed by atoms with Crippen LogP contribution in [0.5, 0.6) is 0 Å². The van der Waals surface area contributed by atoms with Crippen molar-refractivity contribution in [3.05, 3.63) is 34.6 Å². The van der Waals surface area contributed by atoms with Crippen LogP contribution in [0, 0.1) is 11.8 Å². The number of nitrogens with zero attached hydrogens (tertiary/aromatic N) is 1. The van der Waals surface area contributed by atoms with Gasteiger partial charge in [-0.15, -0.1) is 0 Å². The summed E-state index contributed by atoms with van der Waals surface area (Å²) in [5.74, 6) is 0.946. The molecule has 0 bridgehead atoms. The molecule has 4 rings (SSSR count). The molecule has 0 aromatic heterocycles. The van der Waals surface area contributed by atoms with E-state index in [2.05, 4.69) is 0 Å². The largest absolute Gasteiger partial charge is 0.390 e. The Morgan fingerprint density at radius 3 is 2.38 bits per heavy atom. The highest BCUT2D eigenvalue weighted by molar-refractivity contribution is 6.11. The first kappa shape index (κ1) is 15.8. The van der Waals surface area contributed by atoms with E-state index in [-0.39, 0.29) is 17.3 Å². The van der Waals surface area contributed by atoms with Crippen molar-refractivity contribution in [3.63, 3.8) is 0 Å². The van der Waals surface area contributed by atoms with Gasteiger partial charge in [0, 0.05) is 23.3 Å². The third kappa shape index (κ3) is 2.39. The molecule has 1 amide bonds. The summed E-state index contributed by atoms with van der Waals surface area (Å²) in [4.78, 5) is 26.5. The van der Waals surface area contributed by atoms with Gasteiger partial charge in [-0.1, -0.05) is 0 Å². The van der Waals surface area contributed by atoms with Crippen LogP contribution in [0.3, 0.4) is 0 Å². The summed E-state index contributed by atoms with van der Waals surface area (Å²) in [5.41, 5.74) is 2.79. The van der Waals surface area contributed by atoms with E-state index in [0.29, 0.717) is 24.0 Å². The molecule has 0 saturated heterocycles. The maximum absolute atomic E-state index is 12.7. The lowest BCUT2D eigenvalue weighted by Crippen LogP contribution is -2.35. The molecule has 2 saturated carbocycles. The van der Waals surface area contributed by atoms with E-state index >= 15 is 0 Å². The Morgan fingerprint density at radius 1 is 1.08 bits per heavy atom. The zero-order valence-electron chi connectivity index (χ0n) is 14.5. The maximum atomic E-state index is 12.7. The minimum absolute atomic E-state index is 0.000846. The number of rotatable bonds is 3. The van der Waals surface area contributed by atoms with E-state index in [4.69, 9.17) is 0 Å². The summed E-state index contributed by atoms with van der Waals surface area (Å²) >= 11 is 0. The third-order valence-corrected chi connectivity index (χ3v) is 6.43. The van der Waals surface area contributed by atoms with Crippen molar-refractivity contribution in [1.29, 1.82) is 0 Å². The second-order valence-electron chi connectivity index (χ2n) is 7.95. The molecule has 1 heterocycles. The number of ketones is 1. The number of carbonyl (C=O) groups excluding carboxylic acids is 2. The number of amides is 1. The van der Waals surface area contributed by atoms with Crippen molar-refractivity contribution in [1.82, 2.24) is 4.90 Å². The second-order valence-corrected chi connectivity index (χ2v) is 7.95. The van der Waals surface area contributed by atoms with E-state index in [1.807, 2.05) is 18.7 Å². The van der Waals surface area contributed by atoms with Crippen LogP contribution in [0.1, 0.15) is 52.4 Å². The molecule has 1 aliphatic heterocycles. The first-order chi connectivity index (χ1) is 11.4. The predicted octanol–water partition coefficient (Wildman–Crippen LogP) is 2.89. The summed E-state index contributed by atoms with van der Waals surface area (Å²) in [6, 6.07) is 0. The smallest absolute Gasteiger partial charge is 0.254 e. The van der Waals surface area contributed by atoms with Gasteiger partial charge < -0.3 is 10.0 Å². The lowest BCUT2D eigenvalue weighted by atomic mass is 9.78. The first-order valence-corrected chi connectivity index (χ1v) is 9.09. The van der Waals surface area contributed by atoms with Gasteiger partial charge in [0.05, 0.1) is 11.3 Å². The number of hydrogen-bond donors (Lipinski definition) is 1. The van der Waals surface area contributed by atoms with Crippen molar-refractivity contribution in [2.45, 2.75) is 58.0 Å². The molecule has 4 aliphatic rings. The Balaban J connectivity index is 1.48. The molecule has 4 nitrogen and oxygen atoms in total. The molecule has 4 heteroatoms. The molecule has 0 aromatic rings. The fourth-order valence-electron chi connectivity index (χ4n) is 4.60. The predicted molar refractivity (Wildman–Crippen MR) is 90.9 cm³/mol. The van der Waals surface area contributed by atoms with Crippen LogP contribution in [-0.2, 0) is 9.59 Å². The van der Waals surface area contributed by atoms with Gasteiger partial charge in [-0.25, -0.2) is 0 Å². The second kappa shape index (κ2) is 5.41. The lowest BCUT2D eigenvalue weighted by molar-refractivity contribution is -0.125. The monoisotopic (exact) mass is 327 g/mol. The van der Waals surface area contributed by atoms with Gasteiger partial charge in [0.1, 0.15) is 0 Å². The molecule has 0 unspecified atom stereocenters. The van der Waals surface area contributed by atoms with E-state index in [1.165, 1.54) is 0 Å². The van der Waals surface area contributed by atoms with Gasteiger partial charge in [-0.05, 0) is 76.4 Å². The van der Waals surface area contributed by atoms with Crippen LogP contribution in [0.15, 0.2) is 34.6 Å². The maximum Gasteiger partial charge on any atom is 0.254 e. The molecule has 128 valence electrons. The summed E-state index contributed by atoms with van der Waals surface area (Å²) in [6.07, 6.45) is 9.49. The van der Waals surface area contributed by atoms with Crippen molar-refractivity contribution in [2.24, 2.45) is 11.8 Å². The van der Waals surface area contributed by atoms with Crippen molar-refractivity contribution >= 4 is 11.7 Å². The fraction of sp³-hybridized carbons (Fsp3) is 0.600. The number of hydrogen-bond acceptors (Lipinski definition) is 3. The Morgan fingerprint density at radius 2 is 1.75 bits per heavy atom. The van der Waals surface area contributed by atoms with E-state index < -0.39 is 0 Å². The molecule has 0 radical (unpaired) electrons. The number of fused-ring (bicyclic) bond motifs is 1. The van der Waals surface area contributed by atoms with Crippen molar-refractivity contribution in [3.8, 4) is 0 Å². The van der Waals surface area contributed by atoms with Gasteiger partial charge in [-0.2, -0.15) is 0 Å². The van der Waals surface area contributed by atoms with Crippen LogP contribution in [0.2, 0.25) is 0 Å². The van der Waals surface area contributed by atoms with Gasteiger partial charge in [-0.3, -0.25) is 9.59 Å². The number of carbonyl (C=O) groups is 2. The Labute approximate surface area is 142 Å². The molecule has 24 heavy (non-hydrogen) atoms. The fourth-order valence-corrected chi connectivity index (χ4v) is 4.60. The molecule has 0 atom stereocenters. The van der Waals surface area contributed by atoms with E-state index in [9.17, 15) is 14.7 Å². The SMILES string of the molecule is CC1=C2C=CC(=O)C(C)=C2N(CC2CCC(C3(O)CC3)CC2)C1=O. The minimum atomic E-state index is -0.376. The van der Waals surface area contributed by atoms with Crippen LogP contribution in [0.25, 0.3) is 0 Å². The van der Waals surface area contributed by atoms with Gasteiger partial charge >= 0.3 is 0 Å². The molecular weight excluding hydrogens is 302 g/mol. The summed E-state index contributed by atoms with van der Waals surface area (Å²) < 4.78 is 0. The molecule has 0 spiro atoms. The highest BCUT2D eigenvalue weighted by Gasteiger charge is 2.48.